The lowest BCUT2D eigenvalue weighted by Gasteiger charge is -2.29. The molecule has 0 bridgehead atoms. The zero-order chi connectivity index (χ0) is 25.0. The van der Waals surface area contributed by atoms with E-state index in [0.29, 0.717) is 12.8 Å². The Morgan fingerprint density at radius 3 is 2.55 bits per heavy atom. The average molecular weight is 460 g/mol. The van der Waals surface area contributed by atoms with Gasteiger partial charge in [-0.1, -0.05) is 63.6 Å². The van der Waals surface area contributed by atoms with Gasteiger partial charge in [-0.15, -0.1) is 6.58 Å². The molecule has 0 aliphatic carbocycles. The van der Waals surface area contributed by atoms with Crippen molar-refractivity contribution in [3.8, 4) is 0 Å². The molecule has 1 rings (SSSR count). The summed E-state index contributed by atoms with van der Waals surface area (Å²) >= 11 is 0. The zero-order valence-corrected chi connectivity index (χ0v) is 20.6. The number of allylic oxidation sites excluding steroid dienone is 4. The molecule has 3 atom stereocenters. The third kappa shape index (κ3) is 9.93. The number of hydrogen-bond donors (Lipinski definition) is 1. The van der Waals surface area contributed by atoms with Crippen LogP contribution < -0.4 is 5.32 Å². The molecule has 33 heavy (non-hydrogen) atoms. The van der Waals surface area contributed by atoms with Crippen LogP contribution in [0.3, 0.4) is 0 Å². The first-order chi connectivity index (χ1) is 15.5. The Balaban J connectivity index is 2.65. The fraction of sp³-hybridized carbons (Fsp3) is 0.500. The van der Waals surface area contributed by atoms with Gasteiger partial charge in [-0.25, -0.2) is 9.59 Å². The molecule has 0 saturated carbocycles. The highest BCUT2D eigenvalue weighted by Gasteiger charge is 2.33. The molecule has 1 unspecified atom stereocenters. The number of methoxy groups -OCH3 is 1. The first kappa shape index (κ1) is 27.9. The highest BCUT2D eigenvalue weighted by atomic mass is 16.6. The number of esters is 2. The minimum atomic E-state index is -0.767. The van der Waals surface area contributed by atoms with Crippen molar-refractivity contribution in [2.75, 3.05) is 13.7 Å². The van der Waals surface area contributed by atoms with Crippen molar-refractivity contribution in [2.45, 2.75) is 59.6 Å². The summed E-state index contributed by atoms with van der Waals surface area (Å²) in [5, 5.41) is 2.72. The van der Waals surface area contributed by atoms with Crippen LogP contribution in [-0.2, 0) is 28.6 Å². The van der Waals surface area contributed by atoms with E-state index in [1.165, 1.54) is 13.2 Å². The summed E-state index contributed by atoms with van der Waals surface area (Å²) in [5.41, 5.74) is 0.463. The highest BCUT2D eigenvalue weighted by molar-refractivity contribution is 5.92. The molecule has 0 saturated heterocycles. The Morgan fingerprint density at radius 2 is 1.97 bits per heavy atom. The second kappa shape index (κ2) is 13.5. The molecule has 0 radical (unpaired) electrons. The predicted octanol–water partition coefficient (Wildman–Crippen LogP) is 4.18. The van der Waals surface area contributed by atoms with Crippen molar-refractivity contribution in [2.24, 2.45) is 11.3 Å². The van der Waals surface area contributed by atoms with Crippen molar-refractivity contribution in [3.63, 3.8) is 0 Å². The van der Waals surface area contributed by atoms with E-state index in [4.69, 9.17) is 14.2 Å². The van der Waals surface area contributed by atoms with Crippen LogP contribution in [0.2, 0.25) is 0 Å². The summed E-state index contributed by atoms with van der Waals surface area (Å²) in [4.78, 5) is 36.5. The van der Waals surface area contributed by atoms with E-state index in [9.17, 15) is 14.4 Å². The van der Waals surface area contributed by atoms with E-state index in [1.807, 2.05) is 46.8 Å². The van der Waals surface area contributed by atoms with E-state index >= 15 is 0 Å². The van der Waals surface area contributed by atoms with Crippen LogP contribution in [0.5, 0.6) is 0 Å². The molecular weight excluding hydrogens is 422 g/mol. The van der Waals surface area contributed by atoms with Crippen molar-refractivity contribution in [1.82, 2.24) is 5.32 Å². The van der Waals surface area contributed by atoms with Crippen LogP contribution >= 0.6 is 0 Å². The Morgan fingerprint density at radius 1 is 1.30 bits per heavy atom. The number of amides is 1. The summed E-state index contributed by atoms with van der Waals surface area (Å²) in [6.45, 7) is 13.3. The van der Waals surface area contributed by atoms with Crippen LogP contribution in [0.1, 0.15) is 47.5 Å². The molecule has 0 aromatic heterocycles. The summed E-state index contributed by atoms with van der Waals surface area (Å²) in [5.74, 6) is -1.05. The van der Waals surface area contributed by atoms with Crippen LogP contribution in [0.4, 0.5) is 0 Å². The van der Waals surface area contributed by atoms with Crippen LogP contribution in [0.15, 0.2) is 60.4 Å². The maximum Gasteiger partial charge on any atom is 0.373 e. The molecule has 7 heteroatoms. The molecule has 0 aromatic rings. The lowest BCUT2D eigenvalue weighted by atomic mass is 9.86. The number of carbonyl (C=O) groups excluding carboxylic acids is 3. The maximum absolute atomic E-state index is 12.3. The predicted molar refractivity (Wildman–Crippen MR) is 128 cm³/mol. The minimum Gasteiger partial charge on any atom is -0.490 e. The molecular formula is C26H37NO6. The summed E-state index contributed by atoms with van der Waals surface area (Å²) in [7, 11) is 1.44. The molecule has 182 valence electrons. The van der Waals surface area contributed by atoms with Crippen molar-refractivity contribution in [1.29, 1.82) is 0 Å². The molecule has 1 heterocycles. The smallest absolute Gasteiger partial charge is 0.373 e. The van der Waals surface area contributed by atoms with Gasteiger partial charge in [0, 0.05) is 18.4 Å². The standard InChI is InChI=1S/C26H37NO6/c1-8-9-16-32-25(30)23(26(4,5)6)27-22(28)13-11-10-12-18(2)17-19(3)20-14-15-21(31-7)24(29)33-20/h8,10-13,15,17,19-20,23H,1,9,14,16H2,2-7H3,(H,27,28)/b12-10-,13-11-,18-17+/t19-,20-,23?/m0/s1. The number of hydrogen-bond acceptors (Lipinski definition) is 6. The summed E-state index contributed by atoms with van der Waals surface area (Å²) in [6.07, 6.45) is 12.9. The molecule has 1 N–H and O–H groups in total. The fourth-order valence-electron chi connectivity index (χ4n) is 3.11. The fourth-order valence-corrected chi connectivity index (χ4v) is 3.11. The number of nitrogens with one attached hydrogen (secondary N) is 1. The summed E-state index contributed by atoms with van der Waals surface area (Å²) in [6, 6.07) is -0.767. The SMILES string of the molecule is C=CCCOC(=O)C(NC(=O)\C=C/C=C\C(C)=C\[C@H](C)[C@@H]1CC=C(OC)C(=O)O1)C(C)(C)C. The van der Waals surface area contributed by atoms with Crippen molar-refractivity contribution in [3.05, 3.63) is 60.4 Å². The third-order valence-electron chi connectivity index (χ3n) is 5.00. The minimum absolute atomic E-state index is 0.0141. The maximum atomic E-state index is 12.3. The van der Waals surface area contributed by atoms with Crippen LogP contribution in [0.25, 0.3) is 0 Å². The van der Waals surface area contributed by atoms with Gasteiger partial charge in [0.15, 0.2) is 5.76 Å². The Kier molecular flexibility index (Phi) is 11.4. The number of carbonyl (C=O) groups is 3. The van der Waals surface area contributed by atoms with Gasteiger partial charge in [-0.05, 0) is 24.8 Å². The van der Waals surface area contributed by atoms with Gasteiger partial charge < -0.3 is 19.5 Å². The van der Waals surface area contributed by atoms with E-state index in [-0.39, 0.29) is 30.3 Å². The largest absolute Gasteiger partial charge is 0.490 e. The number of cyclic esters (lactones) is 1. The topological polar surface area (TPSA) is 90.9 Å². The summed E-state index contributed by atoms with van der Waals surface area (Å²) < 4.78 is 15.6. The number of ether oxygens (including phenoxy) is 3. The van der Waals surface area contributed by atoms with Gasteiger partial charge in [0.1, 0.15) is 12.1 Å². The Bertz CT molecular complexity index is 828. The van der Waals surface area contributed by atoms with Gasteiger partial charge in [-0.3, -0.25) is 4.79 Å². The van der Waals surface area contributed by atoms with Gasteiger partial charge in [-0.2, -0.15) is 0 Å². The van der Waals surface area contributed by atoms with E-state index in [0.717, 1.165) is 5.57 Å². The molecule has 7 nitrogen and oxygen atoms in total. The van der Waals surface area contributed by atoms with E-state index in [1.54, 1.807) is 24.3 Å². The molecule has 0 fully saturated rings. The molecule has 0 spiro atoms. The second-order valence-corrected chi connectivity index (χ2v) is 8.99. The monoisotopic (exact) mass is 459 g/mol. The van der Waals surface area contributed by atoms with Crippen LogP contribution in [0, 0.1) is 11.3 Å². The quantitative estimate of drug-likeness (QED) is 0.164. The van der Waals surface area contributed by atoms with Gasteiger partial charge in [0.25, 0.3) is 0 Å². The highest BCUT2D eigenvalue weighted by Crippen LogP contribution is 2.23. The van der Waals surface area contributed by atoms with Gasteiger partial charge in [0.05, 0.1) is 13.7 Å². The number of rotatable bonds is 11. The van der Waals surface area contributed by atoms with Gasteiger partial charge in [0.2, 0.25) is 5.91 Å². The zero-order valence-electron chi connectivity index (χ0n) is 20.6. The Hall–Kier alpha value is -3.09. The van der Waals surface area contributed by atoms with Crippen LogP contribution in [-0.4, -0.2) is 43.7 Å². The lowest BCUT2D eigenvalue weighted by Crippen LogP contribution is -2.49. The molecule has 0 aromatic carbocycles. The average Bonchev–Trinajstić information content (AvgIpc) is 2.74. The molecule has 1 aliphatic rings. The normalized spacial score (nSPS) is 19.0. The second-order valence-electron chi connectivity index (χ2n) is 8.99. The lowest BCUT2D eigenvalue weighted by molar-refractivity contribution is -0.151. The first-order valence-electron chi connectivity index (χ1n) is 11.1. The molecule has 1 amide bonds. The first-order valence-corrected chi connectivity index (χ1v) is 11.1. The Labute approximate surface area is 197 Å². The third-order valence-corrected chi connectivity index (χ3v) is 5.00. The van der Waals surface area contributed by atoms with Crippen molar-refractivity contribution >= 4 is 17.8 Å². The van der Waals surface area contributed by atoms with Crippen molar-refractivity contribution < 1.29 is 28.6 Å². The molecule has 1 aliphatic heterocycles. The van der Waals surface area contributed by atoms with Gasteiger partial charge >= 0.3 is 11.9 Å². The van der Waals surface area contributed by atoms with E-state index in [2.05, 4.69) is 11.9 Å². The van der Waals surface area contributed by atoms with E-state index < -0.39 is 23.4 Å².